The van der Waals surface area contributed by atoms with E-state index in [9.17, 15) is 14.9 Å². The number of pyridine rings is 1. The predicted octanol–water partition coefficient (Wildman–Crippen LogP) is 1.75. The van der Waals surface area contributed by atoms with E-state index >= 15 is 0 Å². The molecule has 1 heterocycles. The Kier molecular flexibility index (Phi) is 5.02. The zero-order valence-corrected chi connectivity index (χ0v) is 11.5. The number of ether oxygens (including phenoxy) is 1. The van der Waals surface area contributed by atoms with E-state index in [1.54, 1.807) is 11.9 Å². The third kappa shape index (κ3) is 3.39. The van der Waals surface area contributed by atoms with Gasteiger partial charge in [-0.25, -0.2) is 0 Å². The molecule has 0 atom stereocenters. The maximum Gasteiger partial charge on any atom is 0.311 e. The largest absolute Gasteiger partial charge is 0.469 e. The second-order valence-electron chi connectivity index (χ2n) is 3.49. The van der Waals surface area contributed by atoms with Crippen LogP contribution in [0.2, 0.25) is 0 Å². The van der Waals surface area contributed by atoms with Gasteiger partial charge in [0.15, 0.2) is 0 Å². The summed E-state index contributed by atoms with van der Waals surface area (Å²) in [4.78, 5) is 26.8. The van der Waals surface area contributed by atoms with Crippen molar-refractivity contribution in [2.45, 2.75) is 6.42 Å². The quantitative estimate of drug-likeness (QED) is 0.467. The van der Waals surface area contributed by atoms with Crippen LogP contribution in [0.15, 0.2) is 16.9 Å². The summed E-state index contributed by atoms with van der Waals surface area (Å²) in [7, 11) is 2.96. The minimum Gasteiger partial charge on any atom is -0.469 e. The molecule has 0 fully saturated rings. The van der Waals surface area contributed by atoms with E-state index in [-0.39, 0.29) is 18.1 Å². The standard InChI is InChI=1S/C10H12BrN3O4/c1-13(4-3-9(15)18-2)10-7(11)5-12-6-8(10)14(16)17/h5-6H,3-4H2,1-2H3. The van der Waals surface area contributed by atoms with Crippen molar-refractivity contribution in [3.05, 3.63) is 27.0 Å². The molecule has 0 aliphatic heterocycles. The summed E-state index contributed by atoms with van der Waals surface area (Å²) in [6.07, 6.45) is 2.80. The first-order chi connectivity index (χ1) is 8.47. The maximum absolute atomic E-state index is 11.0. The molecule has 0 aromatic carbocycles. The first-order valence-corrected chi connectivity index (χ1v) is 5.82. The Morgan fingerprint density at radius 3 is 2.83 bits per heavy atom. The number of methoxy groups -OCH3 is 1. The molecule has 0 unspecified atom stereocenters. The molecule has 7 nitrogen and oxygen atoms in total. The minimum absolute atomic E-state index is 0.114. The first-order valence-electron chi connectivity index (χ1n) is 5.03. The molecule has 0 aliphatic carbocycles. The average Bonchev–Trinajstić information content (AvgIpc) is 2.34. The van der Waals surface area contributed by atoms with Crippen LogP contribution >= 0.6 is 15.9 Å². The molecule has 0 amide bonds. The van der Waals surface area contributed by atoms with Gasteiger partial charge < -0.3 is 9.64 Å². The fourth-order valence-corrected chi connectivity index (χ4v) is 2.03. The predicted molar refractivity (Wildman–Crippen MR) is 68.5 cm³/mol. The van der Waals surface area contributed by atoms with Gasteiger partial charge in [0, 0.05) is 19.8 Å². The normalized spacial score (nSPS) is 9.94. The molecule has 1 rings (SSSR count). The molecule has 0 saturated carbocycles. The molecule has 98 valence electrons. The van der Waals surface area contributed by atoms with Crippen LogP contribution in [0, 0.1) is 10.1 Å². The highest BCUT2D eigenvalue weighted by atomic mass is 79.9. The Balaban J connectivity index is 2.94. The van der Waals surface area contributed by atoms with Gasteiger partial charge in [0.1, 0.15) is 11.9 Å². The van der Waals surface area contributed by atoms with Gasteiger partial charge in [0.05, 0.1) is 22.9 Å². The monoisotopic (exact) mass is 317 g/mol. The highest BCUT2D eigenvalue weighted by Gasteiger charge is 2.21. The zero-order chi connectivity index (χ0) is 13.7. The summed E-state index contributed by atoms with van der Waals surface area (Å²) < 4.78 is 5.02. The third-order valence-electron chi connectivity index (χ3n) is 2.31. The van der Waals surface area contributed by atoms with Crippen LogP contribution in [-0.2, 0) is 9.53 Å². The molecule has 1 aromatic heterocycles. The lowest BCUT2D eigenvalue weighted by Gasteiger charge is -2.19. The van der Waals surface area contributed by atoms with E-state index in [4.69, 9.17) is 0 Å². The molecule has 0 saturated heterocycles. The van der Waals surface area contributed by atoms with E-state index in [2.05, 4.69) is 25.7 Å². The highest BCUT2D eigenvalue weighted by molar-refractivity contribution is 9.10. The number of aromatic nitrogens is 1. The number of halogens is 1. The van der Waals surface area contributed by atoms with E-state index in [0.29, 0.717) is 16.7 Å². The Hall–Kier alpha value is -1.70. The van der Waals surface area contributed by atoms with Crippen molar-refractivity contribution in [1.29, 1.82) is 0 Å². The summed E-state index contributed by atoms with van der Waals surface area (Å²) in [5.74, 6) is -0.366. The number of nitrogens with zero attached hydrogens (tertiary/aromatic N) is 3. The number of carbonyl (C=O) groups is 1. The maximum atomic E-state index is 11.0. The zero-order valence-electron chi connectivity index (χ0n) is 9.92. The summed E-state index contributed by atoms with van der Waals surface area (Å²) >= 11 is 3.22. The van der Waals surface area contributed by atoms with Crippen LogP contribution in [0.3, 0.4) is 0 Å². The lowest BCUT2D eigenvalue weighted by atomic mass is 10.3. The highest BCUT2D eigenvalue weighted by Crippen LogP contribution is 2.33. The molecule has 0 bridgehead atoms. The number of rotatable bonds is 5. The smallest absolute Gasteiger partial charge is 0.311 e. The molecule has 0 N–H and O–H groups in total. The average molecular weight is 318 g/mol. The Morgan fingerprint density at radius 2 is 2.28 bits per heavy atom. The van der Waals surface area contributed by atoms with Crippen molar-refractivity contribution < 1.29 is 14.5 Å². The molecule has 0 aliphatic rings. The van der Waals surface area contributed by atoms with E-state index in [1.807, 2.05) is 0 Å². The molecule has 0 spiro atoms. The van der Waals surface area contributed by atoms with Gasteiger partial charge in [-0.15, -0.1) is 0 Å². The summed E-state index contributed by atoms with van der Waals surface area (Å²) in [6, 6.07) is 0. The van der Waals surface area contributed by atoms with E-state index in [1.165, 1.54) is 19.5 Å². The Bertz CT molecular complexity index is 466. The van der Waals surface area contributed by atoms with Crippen LogP contribution in [0.1, 0.15) is 6.42 Å². The number of hydrogen-bond donors (Lipinski definition) is 0. The second kappa shape index (κ2) is 6.29. The van der Waals surface area contributed by atoms with Gasteiger partial charge in [-0.1, -0.05) is 0 Å². The molecule has 18 heavy (non-hydrogen) atoms. The topological polar surface area (TPSA) is 85.6 Å². The minimum atomic E-state index is -0.512. The fraction of sp³-hybridized carbons (Fsp3) is 0.400. The van der Waals surface area contributed by atoms with Crippen molar-refractivity contribution in [3.63, 3.8) is 0 Å². The lowest BCUT2D eigenvalue weighted by molar-refractivity contribution is -0.384. The van der Waals surface area contributed by atoms with Crippen molar-refractivity contribution in [2.75, 3.05) is 25.6 Å². The Morgan fingerprint density at radius 1 is 1.61 bits per heavy atom. The van der Waals surface area contributed by atoms with Gasteiger partial charge in [-0.05, 0) is 15.9 Å². The van der Waals surface area contributed by atoms with Crippen molar-refractivity contribution in [1.82, 2.24) is 4.98 Å². The van der Waals surface area contributed by atoms with Gasteiger partial charge in [-0.2, -0.15) is 0 Å². The third-order valence-corrected chi connectivity index (χ3v) is 2.89. The lowest BCUT2D eigenvalue weighted by Crippen LogP contribution is -2.23. The van der Waals surface area contributed by atoms with E-state index in [0.717, 1.165) is 0 Å². The van der Waals surface area contributed by atoms with Crippen molar-refractivity contribution in [3.8, 4) is 0 Å². The van der Waals surface area contributed by atoms with Gasteiger partial charge in [0.2, 0.25) is 0 Å². The number of anilines is 1. The van der Waals surface area contributed by atoms with Crippen LogP contribution < -0.4 is 4.90 Å². The number of hydrogen-bond acceptors (Lipinski definition) is 6. The SMILES string of the molecule is COC(=O)CCN(C)c1c(Br)cncc1[N+](=O)[O-]. The molecule has 0 radical (unpaired) electrons. The number of nitro groups is 1. The van der Waals surface area contributed by atoms with Crippen LogP contribution in [-0.4, -0.2) is 36.6 Å². The van der Waals surface area contributed by atoms with Crippen LogP contribution in [0.4, 0.5) is 11.4 Å². The molecule has 8 heteroatoms. The Labute approximate surface area is 112 Å². The number of esters is 1. The number of carbonyl (C=O) groups excluding carboxylic acids is 1. The van der Waals surface area contributed by atoms with Crippen molar-refractivity contribution >= 4 is 33.3 Å². The first kappa shape index (κ1) is 14.4. The molecular formula is C10H12BrN3O4. The second-order valence-corrected chi connectivity index (χ2v) is 4.35. The van der Waals surface area contributed by atoms with E-state index < -0.39 is 4.92 Å². The van der Waals surface area contributed by atoms with Crippen LogP contribution in [0.5, 0.6) is 0 Å². The summed E-state index contributed by atoms with van der Waals surface area (Å²) in [5.41, 5.74) is 0.274. The molecular weight excluding hydrogens is 306 g/mol. The van der Waals surface area contributed by atoms with Gasteiger partial charge >= 0.3 is 11.7 Å². The summed E-state index contributed by atoms with van der Waals surface area (Å²) in [5, 5.41) is 10.9. The fourth-order valence-electron chi connectivity index (χ4n) is 1.40. The summed E-state index contributed by atoms with van der Waals surface area (Å²) in [6.45, 7) is 0.316. The molecule has 1 aromatic rings. The van der Waals surface area contributed by atoms with Gasteiger partial charge in [-0.3, -0.25) is 19.9 Å². The van der Waals surface area contributed by atoms with Crippen LogP contribution in [0.25, 0.3) is 0 Å². The van der Waals surface area contributed by atoms with Crippen molar-refractivity contribution in [2.24, 2.45) is 0 Å². The van der Waals surface area contributed by atoms with Gasteiger partial charge in [0.25, 0.3) is 0 Å².